The maximum atomic E-state index is 10.5. The van der Waals surface area contributed by atoms with E-state index < -0.39 is 14.2 Å². The van der Waals surface area contributed by atoms with Crippen LogP contribution in [0.2, 0.25) is 0 Å². The van der Waals surface area contributed by atoms with Gasteiger partial charge in [-0.25, -0.2) is 4.57 Å². The van der Waals surface area contributed by atoms with Crippen LogP contribution in [0.1, 0.15) is 20.3 Å². The third-order valence-electron chi connectivity index (χ3n) is 0.748. The van der Waals surface area contributed by atoms with Crippen molar-refractivity contribution in [1.29, 1.82) is 0 Å². The van der Waals surface area contributed by atoms with Crippen LogP contribution < -0.4 is 0 Å². The molecule has 0 bridgehead atoms. The Hall–Kier alpha value is -0.340. The van der Waals surface area contributed by atoms with Crippen molar-refractivity contribution in [2.45, 2.75) is 20.3 Å². The van der Waals surface area contributed by atoms with Crippen molar-refractivity contribution < 1.29 is 18.4 Å². The van der Waals surface area contributed by atoms with E-state index in [1.165, 1.54) is 0 Å². The van der Waals surface area contributed by atoms with Crippen molar-refractivity contribution in [3.8, 4) is 0 Å². The Morgan fingerprint density at radius 3 is 2.50 bits per heavy atom. The van der Waals surface area contributed by atoms with Gasteiger partial charge in [0.1, 0.15) is 0 Å². The summed E-state index contributed by atoms with van der Waals surface area (Å²) in [5.41, 5.74) is 0. The van der Waals surface area contributed by atoms with Gasteiger partial charge in [0.05, 0.1) is 6.61 Å². The highest BCUT2D eigenvalue weighted by Gasteiger charge is 2.03. The maximum Gasteiger partial charge on any atom is 0.369 e. The largest absolute Gasteiger partial charge is 0.394 e. The highest BCUT2D eigenvalue weighted by molar-refractivity contribution is 7.34. The molecule has 1 unspecified atom stereocenters. The third-order valence-corrected chi connectivity index (χ3v) is 1.67. The average Bonchev–Trinajstić information content (AvgIpc) is 1.88. The lowest BCUT2D eigenvalue weighted by atomic mass is 10.5. The lowest BCUT2D eigenvalue weighted by Crippen LogP contribution is -1.95. The number of hydrogen-bond acceptors (Lipinski definition) is 4. The van der Waals surface area contributed by atoms with Crippen LogP contribution in [0.15, 0.2) is 0 Å². The summed E-state index contributed by atoms with van der Waals surface area (Å²) in [4.78, 5) is 10.4. The molecule has 10 heavy (non-hydrogen) atoms. The molecule has 0 N–H and O–H groups in total. The summed E-state index contributed by atoms with van der Waals surface area (Å²) in [5, 5.41) is 0. The second-order valence-electron chi connectivity index (χ2n) is 1.51. The van der Waals surface area contributed by atoms with Crippen molar-refractivity contribution in [3.05, 3.63) is 0 Å². The predicted octanol–water partition coefficient (Wildman–Crippen LogP) is 1.37. The molecule has 0 aromatic heterocycles. The quantitative estimate of drug-likeness (QED) is 0.592. The van der Waals surface area contributed by atoms with E-state index in [0.29, 0.717) is 6.61 Å². The molecule has 0 saturated carbocycles. The summed E-state index contributed by atoms with van der Waals surface area (Å²) in [6.45, 7) is 3.61. The van der Waals surface area contributed by atoms with Gasteiger partial charge in [-0.15, -0.1) is 0 Å². The van der Waals surface area contributed by atoms with Crippen LogP contribution in [-0.4, -0.2) is 12.6 Å². The first-order valence-electron chi connectivity index (χ1n) is 3.08. The van der Waals surface area contributed by atoms with Gasteiger partial charge < -0.3 is 9.05 Å². The minimum Gasteiger partial charge on any atom is -0.394 e. The van der Waals surface area contributed by atoms with Gasteiger partial charge in [-0.2, -0.15) is 0 Å². The molecule has 0 heterocycles. The zero-order chi connectivity index (χ0) is 7.98. The van der Waals surface area contributed by atoms with Crippen LogP contribution >= 0.6 is 8.25 Å². The van der Waals surface area contributed by atoms with Crippen LogP contribution in [-0.2, 0) is 18.4 Å². The van der Waals surface area contributed by atoms with Crippen LogP contribution in [0.4, 0.5) is 0 Å². The van der Waals surface area contributed by atoms with Crippen molar-refractivity contribution >= 4 is 14.2 Å². The van der Waals surface area contributed by atoms with E-state index in [4.69, 9.17) is 0 Å². The van der Waals surface area contributed by atoms with E-state index in [0.717, 1.165) is 0 Å². The Balaban J connectivity index is 3.47. The Morgan fingerprint density at radius 2 is 2.10 bits per heavy atom. The molecule has 0 aliphatic carbocycles. The molecule has 0 rings (SSSR count). The first-order valence-corrected chi connectivity index (χ1v) is 4.30. The monoisotopic (exact) mass is 166 g/mol. The van der Waals surface area contributed by atoms with Gasteiger partial charge in [0.15, 0.2) is 0 Å². The second kappa shape index (κ2) is 5.45. The highest BCUT2D eigenvalue weighted by atomic mass is 31.1. The molecule has 0 spiro atoms. The molecule has 0 radical (unpaired) electrons. The molecule has 4 nitrogen and oxygen atoms in total. The van der Waals surface area contributed by atoms with Gasteiger partial charge in [0, 0.05) is 6.42 Å². The topological polar surface area (TPSA) is 52.6 Å². The second-order valence-corrected chi connectivity index (χ2v) is 2.50. The summed E-state index contributed by atoms with van der Waals surface area (Å²) in [6, 6.07) is 0. The Labute approximate surface area is 60.5 Å². The van der Waals surface area contributed by atoms with Gasteiger partial charge in [0.2, 0.25) is 0 Å². The van der Waals surface area contributed by atoms with Crippen LogP contribution in [0.5, 0.6) is 0 Å². The van der Waals surface area contributed by atoms with Gasteiger partial charge in [-0.1, -0.05) is 6.92 Å². The molecule has 0 aliphatic heterocycles. The predicted molar refractivity (Wildman–Crippen MR) is 37.0 cm³/mol. The van der Waals surface area contributed by atoms with Gasteiger partial charge >= 0.3 is 14.2 Å². The standard InChI is InChI=1S/C5H11O4P/c1-3-5(6)9-10(7)8-4-2/h10H,3-4H2,1-2H3. The van der Waals surface area contributed by atoms with Crippen molar-refractivity contribution in [3.63, 3.8) is 0 Å². The minimum atomic E-state index is -2.55. The van der Waals surface area contributed by atoms with Crippen LogP contribution in [0.3, 0.4) is 0 Å². The fraction of sp³-hybridized carbons (Fsp3) is 0.800. The van der Waals surface area contributed by atoms with E-state index >= 15 is 0 Å². The van der Waals surface area contributed by atoms with Crippen molar-refractivity contribution in [1.82, 2.24) is 0 Å². The first kappa shape index (κ1) is 9.66. The smallest absolute Gasteiger partial charge is 0.369 e. The number of carbonyl (C=O) groups is 1. The molecule has 1 atom stereocenters. The normalized spacial score (nSPS) is 12.6. The molecule has 0 saturated heterocycles. The summed E-state index contributed by atoms with van der Waals surface area (Å²) in [6.07, 6.45) is 0.226. The van der Waals surface area contributed by atoms with Gasteiger partial charge in [-0.05, 0) is 6.92 Å². The fourth-order valence-electron chi connectivity index (χ4n) is 0.312. The summed E-state index contributed by atoms with van der Waals surface area (Å²) in [5.74, 6) is -0.489. The van der Waals surface area contributed by atoms with E-state index in [2.05, 4.69) is 9.05 Å². The minimum absolute atomic E-state index is 0.226. The van der Waals surface area contributed by atoms with E-state index in [9.17, 15) is 9.36 Å². The number of carbonyl (C=O) groups excluding carboxylic acids is 1. The van der Waals surface area contributed by atoms with Gasteiger partial charge in [0.25, 0.3) is 0 Å². The summed E-state index contributed by atoms with van der Waals surface area (Å²) >= 11 is 0. The lowest BCUT2D eigenvalue weighted by molar-refractivity contribution is -0.134. The van der Waals surface area contributed by atoms with E-state index in [1.807, 2.05) is 0 Å². The average molecular weight is 166 g/mol. The molecule has 0 aliphatic rings. The molecular weight excluding hydrogens is 155 g/mol. The SMILES string of the molecule is CCO[PH](=O)OC(=O)CC. The van der Waals surface area contributed by atoms with E-state index in [-0.39, 0.29) is 6.42 Å². The van der Waals surface area contributed by atoms with E-state index in [1.54, 1.807) is 13.8 Å². The maximum absolute atomic E-state index is 10.5. The molecule has 0 aromatic carbocycles. The number of rotatable bonds is 4. The van der Waals surface area contributed by atoms with Crippen LogP contribution in [0.25, 0.3) is 0 Å². The summed E-state index contributed by atoms with van der Waals surface area (Å²) in [7, 11) is -2.55. The van der Waals surface area contributed by atoms with Gasteiger partial charge in [-0.3, -0.25) is 4.79 Å². The fourth-order valence-corrected chi connectivity index (χ4v) is 0.937. The zero-order valence-electron chi connectivity index (χ0n) is 6.05. The summed E-state index contributed by atoms with van der Waals surface area (Å²) < 4.78 is 19.4. The Bertz CT molecular complexity index is 134. The molecule has 60 valence electrons. The molecular formula is C5H11O4P. The number of hydrogen-bond donors (Lipinski definition) is 0. The molecule has 0 aromatic rings. The lowest BCUT2D eigenvalue weighted by Gasteiger charge is -2.00. The molecule has 0 fully saturated rings. The Kier molecular flexibility index (Phi) is 5.26. The molecule has 0 amide bonds. The van der Waals surface area contributed by atoms with Crippen molar-refractivity contribution in [2.24, 2.45) is 0 Å². The van der Waals surface area contributed by atoms with Crippen molar-refractivity contribution in [2.75, 3.05) is 6.61 Å². The molecule has 5 heteroatoms. The Morgan fingerprint density at radius 1 is 1.50 bits per heavy atom. The third kappa shape index (κ3) is 4.53. The van der Waals surface area contributed by atoms with Crippen LogP contribution in [0, 0.1) is 0 Å². The zero-order valence-corrected chi connectivity index (χ0v) is 7.05. The highest BCUT2D eigenvalue weighted by Crippen LogP contribution is 2.23. The first-order chi connectivity index (χ1) is 4.70.